The van der Waals surface area contributed by atoms with Crippen LogP contribution in [0.2, 0.25) is 0 Å². The molecule has 5 heteroatoms. The molecule has 98 valence electrons. The van der Waals surface area contributed by atoms with E-state index in [0.717, 1.165) is 5.56 Å². The number of carbonyl (C=O) groups excluding carboxylic acids is 1. The Morgan fingerprint density at radius 2 is 1.47 bits per heavy atom. The first-order valence-corrected chi connectivity index (χ1v) is 5.51. The summed E-state index contributed by atoms with van der Waals surface area (Å²) in [5.41, 5.74) is 1.41. The fourth-order valence-corrected chi connectivity index (χ4v) is 1.65. The highest BCUT2D eigenvalue weighted by Crippen LogP contribution is 2.28. The topological polar surface area (TPSA) is 29.1 Å². The van der Waals surface area contributed by atoms with Gasteiger partial charge in [-0.2, -0.15) is 13.2 Å². The van der Waals surface area contributed by atoms with Crippen molar-refractivity contribution in [1.82, 2.24) is 0 Å². The van der Waals surface area contributed by atoms with E-state index < -0.39 is 12.1 Å². The van der Waals surface area contributed by atoms with Crippen LogP contribution in [0.1, 0.15) is 0 Å². The van der Waals surface area contributed by atoms with Crippen LogP contribution >= 0.6 is 0 Å². The van der Waals surface area contributed by atoms with Gasteiger partial charge in [-0.3, -0.25) is 4.79 Å². The number of para-hydroxylation sites is 1. The van der Waals surface area contributed by atoms with Gasteiger partial charge in [0.25, 0.3) is 0 Å². The van der Waals surface area contributed by atoms with Gasteiger partial charge in [-0.25, -0.2) is 0 Å². The van der Waals surface area contributed by atoms with Gasteiger partial charge < -0.3 is 5.32 Å². The summed E-state index contributed by atoms with van der Waals surface area (Å²) in [6.45, 7) is 0. The van der Waals surface area contributed by atoms with Crippen LogP contribution in [0.15, 0.2) is 54.6 Å². The zero-order valence-electron chi connectivity index (χ0n) is 9.74. The summed E-state index contributed by atoms with van der Waals surface area (Å²) in [5, 5.41) is 1.89. The maximum atomic E-state index is 12.3. The molecule has 1 N–H and O–H groups in total. The van der Waals surface area contributed by atoms with Gasteiger partial charge in [0.2, 0.25) is 0 Å². The van der Waals surface area contributed by atoms with E-state index in [-0.39, 0.29) is 5.69 Å². The second kappa shape index (κ2) is 5.14. The van der Waals surface area contributed by atoms with Crippen LogP contribution in [0.25, 0.3) is 11.1 Å². The highest BCUT2D eigenvalue weighted by atomic mass is 19.4. The van der Waals surface area contributed by atoms with Crippen molar-refractivity contribution in [3.05, 3.63) is 54.6 Å². The van der Waals surface area contributed by atoms with E-state index in [1.54, 1.807) is 48.5 Å². The molecule has 0 bridgehead atoms. The van der Waals surface area contributed by atoms with Crippen LogP contribution in [0.4, 0.5) is 18.9 Å². The van der Waals surface area contributed by atoms with Crippen LogP contribution in [0, 0.1) is 0 Å². The smallest absolute Gasteiger partial charge is 0.318 e. The summed E-state index contributed by atoms with van der Waals surface area (Å²) in [6, 6.07) is 15.2. The summed E-state index contributed by atoms with van der Waals surface area (Å²) >= 11 is 0. The second-order valence-electron chi connectivity index (χ2n) is 3.86. The molecule has 0 aromatic heterocycles. The quantitative estimate of drug-likeness (QED) is 0.877. The van der Waals surface area contributed by atoms with Crippen LogP contribution in [0.3, 0.4) is 0 Å². The predicted octanol–water partition coefficient (Wildman–Crippen LogP) is 3.85. The third-order valence-electron chi connectivity index (χ3n) is 2.52. The molecule has 0 heterocycles. The molecule has 2 aromatic carbocycles. The number of halogens is 3. The Hall–Kier alpha value is -2.30. The molecule has 0 aliphatic heterocycles. The van der Waals surface area contributed by atoms with Crippen molar-refractivity contribution < 1.29 is 18.0 Å². The van der Waals surface area contributed by atoms with Crippen molar-refractivity contribution in [2.45, 2.75) is 6.18 Å². The van der Waals surface area contributed by atoms with Crippen molar-refractivity contribution in [3.63, 3.8) is 0 Å². The van der Waals surface area contributed by atoms with Crippen LogP contribution < -0.4 is 5.32 Å². The molecule has 0 aliphatic rings. The second-order valence-corrected chi connectivity index (χ2v) is 3.86. The van der Waals surface area contributed by atoms with Crippen LogP contribution in [0.5, 0.6) is 0 Å². The third-order valence-corrected chi connectivity index (χ3v) is 2.52. The van der Waals surface area contributed by atoms with E-state index in [4.69, 9.17) is 0 Å². The molecule has 19 heavy (non-hydrogen) atoms. The molecule has 2 nitrogen and oxygen atoms in total. The molecule has 0 spiro atoms. The number of alkyl halides is 3. The van der Waals surface area contributed by atoms with Crippen molar-refractivity contribution in [1.29, 1.82) is 0 Å². The van der Waals surface area contributed by atoms with Crippen molar-refractivity contribution in [2.24, 2.45) is 0 Å². The van der Waals surface area contributed by atoms with Gasteiger partial charge in [0, 0.05) is 11.3 Å². The minimum Gasteiger partial charge on any atom is -0.318 e. The maximum Gasteiger partial charge on any atom is 0.471 e. The third kappa shape index (κ3) is 3.13. The van der Waals surface area contributed by atoms with Crippen molar-refractivity contribution >= 4 is 11.6 Å². The Labute approximate surface area is 107 Å². The van der Waals surface area contributed by atoms with Gasteiger partial charge in [-0.05, 0) is 11.6 Å². The molecule has 0 unspecified atom stereocenters. The van der Waals surface area contributed by atoms with Gasteiger partial charge in [-0.1, -0.05) is 48.5 Å². The first kappa shape index (κ1) is 13.1. The largest absolute Gasteiger partial charge is 0.471 e. The monoisotopic (exact) mass is 265 g/mol. The molecule has 2 aromatic rings. The number of hydrogen-bond donors (Lipinski definition) is 1. The number of rotatable bonds is 2. The van der Waals surface area contributed by atoms with E-state index in [2.05, 4.69) is 0 Å². The summed E-state index contributed by atoms with van der Waals surface area (Å²) < 4.78 is 36.8. The van der Waals surface area contributed by atoms with E-state index in [9.17, 15) is 18.0 Å². The lowest BCUT2D eigenvalue weighted by atomic mass is 10.0. The number of amides is 1. The lowest BCUT2D eigenvalue weighted by Crippen LogP contribution is -2.30. The van der Waals surface area contributed by atoms with Crippen LogP contribution in [-0.2, 0) is 4.79 Å². The molecule has 0 saturated heterocycles. The Bertz CT molecular complexity index is 579. The number of carbonyl (C=O) groups is 1. The van der Waals surface area contributed by atoms with Gasteiger partial charge in [0.05, 0.1) is 0 Å². The fraction of sp³-hybridized carbons (Fsp3) is 0.0714. The van der Waals surface area contributed by atoms with E-state index in [1.165, 1.54) is 6.07 Å². The molecular weight excluding hydrogens is 255 g/mol. The highest BCUT2D eigenvalue weighted by Gasteiger charge is 2.38. The van der Waals surface area contributed by atoms with Gasteiger partial charge in [0.15, 0.2) is 0 Å². The van der Waals surface area contributed by atoms with Gasteiger partial charge >= 0.3 is 12.1 Å². The van der Waals surface area contributed by atoms with Gasteiger partial charge in [0.1, 0.15) is 0 Å². The summed E-state index contributed by atoms with van der Waals surface area (Å²) in [6.07, 6.45) is -4.90. The normalized spacial score (nSPS) is 11.1. The average Bonchev–Trinajstić information content (AvgIpc) is 2.39. The summed E-state index contributed by atoms with van der Waals surface area (Å²) in [7, 11) is 0. The molecule has 0 fully saturated rings. The van der Waals surface area contributed by atoms with E-state index in [1.807, 2.05) is 5.32 Å². The lowest BCUT2D eigenvalue weighted by Gasteiger charge is -2.12. The number of hydrogen-bond acceptors (Lipinski definition) is 1. The fourth-order valence-electron chi connectivity index (χ4n) is 1.65. The van der Waals surface area contributed by atoms with Crippen molar-refractivity contribution in [2.75, 3.05) is 5.32 Å². The summed E-state index contributed by atoms with van der Waals surface area (Å²) in [4.78, 5) is 11.0. The first-order chi connectivity index (χ1) is 8.98. The van der Waals surface area contributed by atoms with E-state index in [0.29, 0.717) is 5.56 Å². The van der Waals surface area contributed by atoms with Gasteiger partial charge in [-0.15, -0.1) is 0 Å². The molecular formula is C14H10F3NO. The molecule has 1 amide bonds. The minimum atomic E-state index is -4.90. The molecule has 0 atom stereocenters. The molecule has 0 radical (unpaired) electrons. The summed E-state index contributed by atoms with van der Waals surface area (Å²) in [5.74, 6) is -1.98. The zero-order chi connectivity index (χ0) is 13.9. The predicted molar refractivity (Wildman–Crippen MR) is 66.6 cm³/mol. The first-order valence-electron chi connectivity index (χ1n) is 5.51. The van der Waals surface area contributed by atoms with Crippen molar-refractivity contribution in [3.8, 4) is 11.1 Å². The molecule has 0 saturated carbocycles. The molecule has 0 aliphatic carbocycles. The Morgan fingerprint density at radius 3 is 2.11 bits per heavy atom. The number of anilines is 1. The minimum absolute atomic E-state index is 0.135. The van der Waals surface area contributed by atoms with E-state index >= 15 is 0 Å². The molecule has 2 rings (SSSR count). The maximum absolute atomic E-state index is 12.3. The average molecular weight is 265 g/mol. The highest BCUT2D eigenvalue weighted by molar-refractivity contribution is 5.98. The Morgan fingerprint density at radius 1 is 0.895 bits per heavy atom. The Kier molecular flexibility index (Phi) is 3.55. The van der Waals surface area contributed by atoms with Crippen LogP contribution in [-0.4, -0.2) is 12.1 Å². The Balaban J connectivity index is 2.35. The zero-order valence-corrected chi connectivity index (χ0v) is 9.74. The number of benzene rings is 2. The SMILES string of the molecule is O=C(Nc1ccccc1-c1ccccc1)C(F)(F)F. The number of nitrogens with one attached hydrogen (secondary N) is 1. The standard InChI is InChI=1S/C14H10F3NO/c15-14(16,17)13(19)18-12-9-5-4-8-11(12)10-6-2-1-3-7-10/h1-9H,(H,18,19). The lowest BCUT2D eigenvalue weighted by molar-refractivity contribution is -0.167.